The van der Waals surface area contributed by atoms with Crippen LogP contribution in [0.3, 0.4) is 0 Å². The molecule has 27 N–H and O–H groups in total. The number of carbonyl (C=O) groups is 7. The van der Waals surface area contributed by atoms with Crippen LogP contribution in [0.1, 0.15) is 141 Å². The Balaban J connectivity index is 1.16. The Kier molecular flexibility index (Phi) is 33.2. The molecule has 0 bridgehead atoms. The fraction of sp³-hybridized carbons (Fsp3) is 0.583. The summed E-state index contributed by atoms with van der Waals surface area (Å²) in [6.07, 6.45) is 4.55. The summed E-state index contributed by atoms with van der Waals surface area (Å²) in [5, 5.41) is 40.9. The molecule has 0 spiro atoms. The summed E-state index contributed by atoms with van der Waals surface area (Å²) in [5.74, 6) is -5.14. The smallest absolute Gasteiger partial charge is 0.387 e. The van der Waals surface area contributed by atoms with Crippen molar-refractivity contribution in [2.45, 2.75) is 178 Å². The molecule has 8 atom stereocenters. The summed E-state index contributed by atoms with van der Waals surface area (Å²) >= 11 is 0. The molecular weight excluding hydrogens is 1290 g/mol. The number of carbonyl (C=O) groups excluding carboxylic acids is 7. The number of unbranched alkanes of at least 4 members (excludes halogenated alkanes) is 5. The molecule has 5 heterocycles. The van der Waals surface area contributed by atoms with Crippen molar-refractivity contribution in [2.75, 3.05) is 51.5 Å². The van der Waals surface area contributed by atoms with E-state index in [1.165, 1.54) is 17.2 Å². The largest absolute Gasteiger partial charge is 0.677 e. The number of aliphatic hydroxyl groups is 2. The predicted octanol–water partition coefficient (Wildman–Crippen LogP) is -3.38. The van der Waals surface area contributed by atoms with E-state index in [9.17, 15) is 52.4 Å². The maximum Gasteiger partial charge on any atom is 0.677 e. The fourth-order valence-electron chi connectivity index (χ4n) is 10.8. The summed E-state index contributed by atoms with van der Waals surface area (Å²) in [5.41, 5.74) is 53.7. The van der Waals surface area contributed by atoms with Crippen molar-refractivity contribution in [2.24, 2.45) is 70.8 Å². The lowest BCUT2D eigenvalue weighted by atomic mass is 10.0. The number of rotatable bonds is 44. The van der Waals surface area contributed by atoms with E-state index in [-0.39, 0.29) is 162 Å². The Morgan fingerprint density at radius 1 is 0.606 bits per heavy atom. The van der Waals surface area contributed by atoms with Crippen molar-refractivity contribution in [3.05, 3.63) is 53.5 Å². The molecule has 544 valence electrons. The fourth-order valence-corrected chi connectivity index (χ4v) is 10.8. The van der Waals surface area contributed by atoms with Gasteiger partial charge in [-0.2, -0.15) is 0 Å². The van der Waals surface area contributed by atoms with Crippen LogP contribution >= 0.6 is 0 Å². The first-order valence-corrected chi connectivity index (χ1v) is 32.9. The number of hydrogen-bond donors (Lipinski definition) is 18. The SMILES string of the molecule is CC1=CC(C)=N/C1=C\c1ccc(CCC(=O)NCCCCCCNC(=O)[C@H](CCCN=C(N)N)NC(=O)[C@H](CCCN=C(N)N)NC(=O)[C@H](CCCN=C(N)N)NC(=O)[C@H](CCCN=C(N)N)NC(=O)CCCCCNC(=O)[C@H]2O[C@@H](n3cnc4c(N)ncnc43)[C@H](O)[C@@H]2O)n1B(F)F. The van der Waals surface area contributed by atoms with Gasteiger partial charge in [0.05, 0.1) is 12.0 Å². The van der Waals surface area contributed by atoms with Gasteiger partial charge in [-0.1, -0.05) is 19.3 Å². The highest BCUT2D eigenvalue weighted by molar-refractivity contribution is 6.41. The normalized spacial score (nSPS) is 17.2. The summed E-state index contributed by atoms with van der Waals surface area (Å²) in [4.78, 5) is 129. The second kappa shape index (κ2) is 41.3. The highest BCUT2D eigenvalue weighted by atomic mass is 19.2. The van der Waals surface area contributed by atoms with Gasteiger partial charge in [-0.3, -0.25) is 71.7 Å². The zero-order valence-corrected chi connectivity index (χ0v) is 55.9. The Bertz CT molecular complexity index is 3420. The monoisotopic (exact) mass is 1390 g/mol. The van der Waals surface area contributed by atoms with E-state index >= 15 is 0 Å². The van der Waals surface area contributed by atoms with Crippen molar-refractivity contribution >= 4 is 101 Å². The predicted molar refractivity (Wildman–Crippen MR) is 370 cm³/mol. The number of nitrogens with zero attached hydrogens (tertiary/aromatic N) is 10. The van der Waals surface area contributed by atoms with Crippen LogP contribution in [0.5, 0.6) is 0 Å². The Hall–Kier alpha value is -10.0. The van der Waals surface area contributed by atoms with E-state index in [1.54, 1.807) is 18.2 Å². The zero-order chi connectivity index (χ0) is 72.6. The number of fused-ring (bicyclic) bond motifs is 1. The molecule has 1 fully saturated rings. The van der Waals surface area contributed by atoms with Gasteiger partial charge in [0, 0.05) is 75.8 Å². The van der Waals surface area contributed by atoms with Crippen LogP contribution in [-0.4, -0.2) is 201 Å². The number of halogens is 2. The Morgan fingerprint density at radius 2 is 1.10 bits per heavy atom. The van der Waals surface area contributed by atoms with Gasteiger partial charge in [-0.25, -0.2) is 15.0 Å². The Morgan fingerprint density at radius 3 is 1.61 bits per heavy atom. The van der Waals surface area contributed by atoms with Gasteiger partial charge < -0.3 is 108 Å². The molecule has 2 aliphatic rings. The van der Waals surface area contributed by atoms with E-state index < -0.39 is 91.6 Å². The van der Waals surface area contributed by atoms with Crippen molar-refractivity contribution in [1.29, 1.82) is 0 Å². The van der Waals surface area contributed by atoms with Gasteiger partial charge in [-0.15, -0.1) is 0 Å². The second-order valence-corrected chi connectivity index (χ2v) is 23.8. The lowest BCUT2D eigenvalue weighted by Gasteiger charge is -2.26. The van der Waals surface area contributed by atoms with Crippen molar-refractivity contribution in [1.82, 2.24) is 61.2 Å². The van der Waals surface area contributed by atoms with Crippen LogP contribution in [0.15, 0.2) is 67.1 Å². The number of nitrogen functional groups attached to an aromatic ring is 1. The molecule has 0 saturated carbocycles. The number of hydrogen-bond acceptors (Lipinski definition) is 19. The number of amides is 7. The molecule has 0 aromatic carbocycles. The number of imidazole rings is 1. The van der Waals surface area contributed by atoms with E-state index in [0.717, 1.165) is 15.8 Å². The lowest BCUT2D eigenvalue weighted by Crippen LogP contribution is -2.58. The third-order valence-corrected chi connectivity index (χ3v) is 15.8. The molecule has 2 aliphatic heterocycles. The van der Waals surface area contributed by atoms with Crippen LogP contribution in [0.4, 0.5) is 14.4 Å². The molecule has 3 aromatic rings. The topological polar surface area (TPSA) is 598 Å². The summed E-state index contributed by atoms with van der Waals surface area (Å²) < 4.78 is 36.4. The molecule has 39 heteroatoms. The van der Waals surface area contributed by atoms with E-state index in [4.69, 9.17) is 56.3 Å². The van der Waals surface area contributed by atoms with Crippen LogP contribution in [0, 0.1) is 0 Å². The standard InChI is InChI=1S/C60H97BF2N26O10/c1-34-30-35(2)83-42(34)31-37-20-19-36(89(37)61(62)63)21-22-43(90)73-23-7-3-4-8-24-74-51(94)38(14-10-26-76-57(65)66)85-53(96)40(16-12-28-78-59(69)70)87-54(97)41(17-13-29-79-60(71)72)86-52(95)39(15-11-27-77-58(67)68)84-44(91)18-6-5-9-25-75-55(98)48-46(92)47(93)56(99-48)88-33-82-45-49(64)80-32-81-50(45)88/h19-20,30-33,38-41,46-48,56,92-93H,3-18,21-29H2,1-2H3,(H,73,90)(H,74,94)(H,75,98)(H,84,91)(H,85,96)(H,86,95)(H,87,97)(H2,64,80,81)(H4,65,66,76)(H4,67,68,77)(H4,69,70,78)(H4,71,72,79)/b42-31-/t38-,39-,40-,41-,46-,47+,48-,56+/m0/s1. The van der Waals surface area contributed by atoms with Gasteiger partial charge in [0.1, 0.15) is 48.2 Å². The average Bonchev–Trinajstić information content (AvgIpc) is 1.62. The number of guanidine groups is 4. The maximum absolute atomic E-state index is 14.5. The van der Waals surface area contributed by atoms with Gasteiger partial charge in [-0.05, 0) is 127 Å². The first-order chi connectivity index (χ1) is 47.2. The average molecular weight is 1390 g/mol. The number of anilines is 1. The highest BCUT2D eigenvalue weighted by Crippen LogP contribution is 2.32. The maximum atomic E-state index is 14.5. The summed E-state index contributed by atoms with van der Waals surface area (Å²) in [6.45, 7) is 4.65. The van der Waals surface area contributed by atoms with E-state index in [0.29, 0.717) is 62.9 Å². The van der Waals surface area contributed by atoms with Gasteiger partial charge >= 0.3 is 7.40 Å². The molecule has 7 amide bonds. The highest BCUT2D eigenvalue weighted by Gasteiger charge is 2.48. The van der Waals surface area contributed by atoms with Gasteiger partial charge in [0.2, 0.25) is 35.4 Å². The second-order valence-electron chi connectivity index (χ2n) is 23.8. The molecule has 0 aliphatic carbocycles. The van der Waals surface area contributed by atoms with E-state index in [1.807, 2.05) is 19.9 Å². The number of aryl methyl sites for hydroxylation is 1. The van der Waals surface area contributed by atoms with Gasteiger partial charge in [0.15, 0.2) is 47.6 Å². The number of aliphatic hydroxyl groups excluding tert-OH is 2. The molecule has 0 radical (unpaired) electrons. The quantitative estimate of drug-likeness (QED) is 0.0114. The van der Waals surface area contributed by atoms with Crippen molar-refractivity contribution < 1.29 is 57.1 Å². The lowest BCUT2D eigenvalue weighted by molar-refractivity contribution is -0.137. The van der Waals surface area contributed by atoms with Crippen LogP contribution in [0.2, 0.25) is 0 Å². The minimum Gasteiger partial charge on any atom is -0.387 e. The number of allylic oxidation sites excluding steroid dienone is 2. The van der Waals surface area contributed by atoms with Gasteiger partial charge in [0.25, 0.3) is 5.91 Å². The van der Waals surface area contributed by atoms with Crippen molar-refractivity contribution in [3.63, 3.8) is 0 Å². The first-order valence-electron chi connectivity index (χ1n) is 32.9. The third kappa shape index (κ3) is 27.1. The van der Waals surface area contributed by atoms with Crippen LogP contribution in [-0.2, 0) is 44.7 Å². The minimum absolute atomic E-state index is 0.00172. The number of aliphatic imine (C=N–C) groups is 5. The molecule has 36 nitrogen and oxygen atoms in total. The van der Waals surface area contributed by atoms with Crippen molar-refractivity contribution in [3.8, 4) is 0 Å². The molecule has 3 aromatic heterocycles. The number of nitrogens with one attached hydrogen (secondary N) is 7. The molecular formula is C60H97BF2N26O10. The van der Waals surface area contributed by atoms with Crippen LogP contribution < -0.4 is 88.8 Å². The van der Waals surface area contributed by atoms with E-state index in [2.05, 4.69) is 77.1 Å². The Labute approximate surface area is 571 Å². The minimum atomic E-state index is -2.81. The first kappa shape index (κ1) is 79.6. The molecule has 99 heavy (non-hydrogen) atoms. The third-order valence-electron chi connectivity index (χ3n) is 15.8. The van der Waals surface area contributed by atoms with Crippen LogP contribution in [0.25, 0.3) is 17.2 Å². The molecule has 0 unspecified atom stereocenters. The number of aromatic nitrogens is 5. The number of nitrogens with two attached hydrogens (primary N) is 9. The zero-order valence-electron chi connectivity index (χ0n) is 55.9. The molecule has 1 saturated heterocycles. The summed E-state index contributed by atoms with van der Waals surface area (Å²) in [6, 6.07) is -1.90. The number of ether oxygens (including phenoxy) is 1. The molecule has 5 rings (SSSR count). The summed E-state index contributed by atoms with van der Waals surface area (Å²) in [7, 11) is -2.81.